The summed E-state index contributed by atoms with van der Waals surface area (Å²) in [5.74, 6) is -1.65. The van der Waals surface area contributed by atoms with Gasteiger partial charge < -0.3 is 15.0 Å². The highest BCUT2D eigenvalue weighted by Crippen LogP contribution is 2.36. The van der Waals surface area contributed by atoms with Crippen molar-refractivity contribution in [3.05, 3.63) is 35.4 Å². The molecule has 1 aliphatic carbocycles. The monoisotopic (exact) mass is 473 g/mol. The van der Waals surface area contributed by atoms with E-state index in [-0.39, 0.29) is 24.7 Å². The van der Waals surface area contributed by atoms with Crippen molar-refractivity contribution in [1.82, 2.24) is 14.9 Å². The van der Waals surface area contributed by atoms with E-state index < -0.39 is 33.7 Å². The molecule has 2 aliphatic rings. The summed E-state index contributed by atoms with van der Waals surface area (Å²) >= 11 is 0. The number of nitrogens with zero attached hydrogens (tertiary/aromatic N) is 1. The Labute approximate surface area is 188 Å². The highest BCUT2D eigenvalue weighted by molar-refractivity contribution is 7.88. The third kappa shape index (κ3) is 6.39. The molecule has 2 N–H and O–H groups in total. The van der Waals surface area contributed by atoms with Gasteiger partial charge in [-0.15, -0.1) is 0 Å². The number of benzene rings is 1. The molecule has 32 heavy (non-hydrogen) atoms. The molecule has 7 nitrogen and oxygen atoms in total. The van der Waals surface area contributed by atoms with E-state index in [4.69, 9.17) is 4.74 Å². The highest BCUT2D eigenvalue weighted by atomic mass is 32.2. The molecule has 1 aromatic rings. The SMILES string of the molecule is CCNC(=O)N1CCC[C@H](NS(C)(=O)=O)[C@@H]1CO[C@H]1CC[C@@H](c2cccc(F)c2F)CC1. The maximum Gasteiger partial charge on any atom is 0.317 e. The zero-order valence-corrected chi connectivity index (χ0v) is 19.5. The third-order valence-corrected chi connectivity index (χ3v) is 7.06. The number of likely N-dealkylation sites (tertiary alicyclic amines) is 1. The lowest BCUT2D eigenvalue weighted by Crippen LogP contribution is -2.60. The van der Waals surface area contributed by atoms with Crippen molar-refractivity contribution in [1.29, 1.82) is 0 Å². The number of piperidine rings is 1. The van der Waals surface area contributed by atoms with E-state index in [1.807, 2.05) is 6.92 Å². The molecule has 1 aliphatic heterocycles. The number of carbonyl (C=O) groups excluding carboxylic acids is 1. The van der Waals surface area contributed by atoms with E-state index in [1.54, 1.807) is 11.0 Å². The Morgan fingerprint density at radius 3 is 2.56 bits per heavy atom. The second-order valence-electron chi connectivity index (χ2n) is 8.68. The number of rotatable bonds is 7. The van der Waals surface area contributed by atoms with Gasteiger partial charge in [0.1, 0.15) is 0 Å². The van der Waals surface area contributed by atoms with Crippen LogP contribution >= 0.6 is 0 Å². The van der Waals surface area contributed by atoms with Gasteiger partial charge in [-0.25, -0.2) is 26.7 Å². The molecule has 1 saturated heterocycles. The van der Waals surface area contributed by atoms with Crippen LogP contribution in [-0.4, -0.2) is 63.5 Å². The van der Waals surface area contributed by atoms with Crippen LogP contribution in [0.3, 0.4) is 0 Å². The maximum absolute atomic E-state index is 14.1. The molecule has 2 fully saturated rings. The first kappa shape index (κ1) is 24.9. The van der Waals surface area contributed by atoms with Gasteiger partial charge in [0, 0.05) is 19.1 Å². The number of sulfonamides is 1. The van der Waals surface area contributed by atoms with Gasteiger partial charge in [0.2, 0.25) is 10.0 Å². The van der Waals surface area contributed by atoms with Gasteiger partial charge in [-0.2, -0.15) is 0 Å². The number of nitrogens with one attached hydrogen (secondary N) is 2. The quantitative estimate of drug-likeness (QED) is 0.637. The number of carbonyl (C=O) groups is 1. The summed E-state index contributed by atoms with van der Waals surface area (Å²) in [7, 11) is -3.44. The minimum atomic E-state index is -3.44. The fourth-order valence-electron chi connectivity index (χ4n) is 4.79. The van der Waals surface area contributed by atoms with E-state index >= 15 is 0 Å². The van der Waals surface area contributed by atoms with Crippen LogP contribution < -0.4 is 10.0 Å². The summed E-state index contributed by atoms with van der Waals surface area (Å²) in [4.78, 5) is 14.2. The smallest absolute Gasteiger partial charge is 0.317 e. The number of halogens is 2. The summed E-state index contributed by atoms with van der Waals surface area (Å²) < 4.78 is 60.2. The molecule has 3 rings (SSSR count). The van der Waals surface area contributed by atoms with Gasteiger partial charge in [-0.3, -0.25) is 0 Å². The molecule has 1 saturated carbocycles. The first-order valence-corrected chi connectivity index (χ1v) is 13.2. The zero-order valence-electron chi connectivity index (χ0n) is 18.6. The number of hydrogen-bond donors (Lipinski definition) is 2. The fraction of sp³-hybridized carbons (Fsp3) is 0.682. The lowest BCUT2D eigenvalue weighted by atomic mass is 9.82. The Morgan fingerprint density at radius 2 is 1.91 bits per heavy atom. The predicted molar refractivity (Wildman–Crippen MR) is 118 cm³/mol. The second kappa shape index (κ2) is 10.9. The van der Waals surface area contributed by atoms with Gasteiger partial charge in [-0.05, 0) is 63.0 Å². The highest BCUT2D eigenvalue weighted by Gasteiger charge is 2.37. The van der Waals surface area contributed by atoms with E-state index in [2.05, 4.69) is 10.0 Å². The van der Waals surface area contributed by atoms with Gasteiger partial charge >= 0.3 is 6.03 Å². The molecule has 0 aromatic heterocycles. The normalized spacial score (nSPS) is 26.7. The number of amides is 2. The predicted octanol–water partition coefficient (Wildman–Crippen LogP) is 3.12. The topological polar surface area (TPSA) is 87.7 Å². The first-order valence-electron chi connectivity index (χ1n) is 11.3. The van der Waals surface area contributed by atoms with Crippen molar-refractivity contribution < 1.29 is 26.7 Å². The fourth-order valence-corrected chi connectivity index (χ4v) is 5.62. The molecular weight excluding hydrogens is 440 g/mol. The molecule has 10 heteroatoms. The molecule has 2 atom stereocenters. The van der Waals surface area contributed by atoms with Crippen LogP contribution in [0.15, 0.2) is 18.2 Å². The molecule has 1 heterocycles. The van der Waals surface area contributed by atoms with Crippen molar-refractivity contribution in [2.45, 2.75) is 69.6 Å². The maximum atomic E-state index is 14.1. The van der Waals surface area contributed by atoms with Crippen LogP contribution in [-0.2, 0) is 14.8 Å². The van der Waals surface area contributed by atoms with Crippen LogP contribution in [0.4, 0.5) is 13.6 Å². The van der Waals surface area contributed by atoms with E-state index in [9.17, 15) is 22.0 Å². The lowest BCUT2D eigenvalue weighted by molar-refractivity contribution is -0.0175. The Bertz CT molecular complexity index is 891. The third-order valence-electron chi connectivity index (χ3n) is 6.33. The minimum absolute atomic E-state index is 0.0493. The molecule has 2 amide bonds. The number of ether oxygens (including phenoxy) is 1. The Morgan fingerprint density at radius 1 is 1.19 bits per heavy atom. The summed E-state index contributed by atoms with van der Waals surface area (Å²) in [5, 5.41) is 2.79. The van der Waals surface area contributed by atoms with Gasteiger partial charge in [0.05, 0.1) is 25.0 Å². The average molecular weight is 474 g/mol. The molecule has 0 radical (unpaired) electrons. The van der Waals surface area contributed by atoms with Gasteiger partial charge in [0.15, 0.2) is 11.6 Å². The molecule has 0 bridgehead atoms. The zero-order chi connectivity index (χ0) is 23.3. The summed E-state index contributed by atoms with van der Waals surface area (Å²) in [6.45, 7) is 3.06. The first-order chi connectivity index (χ1) is 15.2. The Balaban J connectivity index is 1.62. The molecular formula is C22H33F2N3O4S. The lowest BCUT2D eigenvalue weighted by Gasteiger charge is -2.42. The van der Waals surface area contributed by atoms with Crippen molar-refractivity contribution in [3.8, 4) is 0 Å². The largest absolute Gasteiger partial charge is 0.376 e. The summed E-state index contributed by atoms with van der Waals surface area (Å²) in [5.41, 5.74) is 0.413. The second-order valence-corrected chi connectivity index (χ2v) is 10.5. The van der Waals surface area contributed by atoms with Crippen LogP contribution in [0, 0.1) is 11.6 Å². The Kier molecular flexibility index (Phi) is 8.46. The van der Waals surface area contributed by atoms with Crippen molar-refractivity contribution in [3.63, 3.8) is 0 Å². The van der Waals surface area contributed by atoms with E-state index in [0.29, 0.717) is 57.2 Å². The van der Waals surface area contributed by atoms with Gasteiger partial charge in [0.25, 0.3) is 0 Å². The molecule has 180 valence electrons. The van der Waals surface area contributed by atoms with Crippen molar-refractivity contribution in [2.75, 3.05) is 26.0 Å². The molecule has 0 unspecified atom stereocenters. The van der Waals surface area contributed by atoms with Crippen molar-refractivity contribution >= 4 is 16.1 Å². The molecule has 1 aromatic carbocycles. The molecule has 0 spiro atoms. The number of urea groups is 1. The summed E-state index contributed by atoms with van der Waals surface area (Å²) in [6.07, 6.45) is 5.12. The van der Waals surface area contributed by atoms with Crippen LogP contribution in [0.5, 0.6) is 0 Å². The van der Waals surface area contributed by atoms with Crippen LogP contribution in [0.1, 0.15) is 56.9 Å². The van der Waals surface area contributed by atoms with Gasteiger partial charge in [-0.1, -0.05) is 12.1 Å². The van der Waals surface area contributed by atoms with E-state index in [0.717, 1.165) is 12.3 Å². The number of hydrogen-bond acceptors (Lipinski definition) is 4. The summed E-state index contributed by atoms with van der Waals surface area (Å²) in [6, 6.07) is 3.23. The van der Waals surface area contributed by atoms with Crippen molar-refractivity contribution in [2.24, 2.45) is 0 Å². The minimum Gasteiger partial charge on any atom is -0.376 e. The van der Waals surface area contributed by atoms with Crippen LogP contribution in [0.25, 0.3) is 0 Å². The van der Waals surface area contributed by atoms with Crippen LogP contribution in [0.2, 0.25) is 0 Å². The van der Waals surface area contributed by atoms with E-state index in [1.165, 1.54) is 6.07 Å². The Hall–Kier alpha value is -1.78. The standard InChI is InChI=1S/C22H33F2N3O4S/c1-3-25-22(28)27-13-5-8-19(26-32(2,29)30)20(27)14-31-16-11-9-15(10-12-16)17-6-4-7-18(23)21(17)24/h4,6-7,15-16,19-20,26H,3,5,8-14H2,1-2H3,(H,25,28)/t15-,16+,19-,20-/m0/s1. The average Bonchev–Trinajstić information content (AvgIpc) is 2.74.